The van der Waals surface area contributed by atoms with Crippen LogP contribution in [-0.2, 0) is 0 Å². The summed E-state index contributed by atoms with van der Waals surface area (Å²) in [6.07, 6.45) is 9.87. The van der Waals surface area contributed by atoms with E-state index in [1.165, 1.54) is 16.7 Å². The first-order valence-corrected chi connectivity index (χ1v) is 6.74. The van der Waals surface area contributed by atoms with E-state index in [-0.39, 0.29) is 0 Å². The van der Waals surface area contributed by atoms with Crippen LogP contribution in [0.25, 0.3) is 16.8 Å². The molecule has 1 aromatic heterocycles. The van der Waals surface area contributed by atoms with Crippen LogP contribution in [0.1, 0.15) is 23.9 Å². The molecule has 0 aliphatic rings. The molecule has 0 amide bonds. The minimum atomic E-state index is 0.933. The van der Waals surface area contributed by atoms with Crippen LogP contribution in [0.5, 0.6) is 0 Å². The van der Waals surface area contributed by atoms with Gasteiger partial charge in [-0.15, -0.1) is 0 Å². The molecule has 0 saturated carbocycles. The Labute approximate surface area is 120 Å². The Hall–Kier alpha value is -2.35. The van der Waals surface area contributed by atoms with Crippen molar-refractivity contribution in [3.05, 3.63) is 72.2 Å². The van der Waals surface area contributed by atoms with Gasteiger partial charge in [-0.05, 0) is 49.1 Å². The van der Waals surface area contributed by atoms with Crippen LogP contribution in [0.4, 0.5) is 0 Å². The number of rotatable bonds is 4. The third-order valence-electron chi connectivity index (χ3n) is 3.19. The zero-order valence-corrected chi connectivity index (χ0v) is 12.3. The van der Waals surface area contributed by atoms with Gasteiger partial charge < -0.3 is 4.98 Å². The van der Waals surface area contributed by atoms with Gasteiger partial charge in [0.15, 0.2) is 0 Å². The lowest BCUT2D eigenvalue weighted by Gasteiger charge is -2.09. The molecule has 0 atom stereocenters. The van der Waals surface area contributed by atoms with Crippen molar-refractivity contribution in [1.29, 1.82) is 0 Å². The van der Waals surface area contributed by atoms with Crippen LogP contribution >= 0.6 is 0 Å². The second-order valence-corrected chi connectivity index (χ2v) is 4.77. The number of imidazole rings is 1. The van der Waals surface area contributed by atoms with Gasteiger partial charge in [0.1, 0.15) is 5.82 Å². The van der Waals surface area contributed by atoms with Gasteiger partial charge in [-0.2, -0.15) is 0 Å². The monoisotopic (exact) mass is 264 g/mol. The molecule has 1 heterocycles. The van der Waals surface area contributed by atoms with Gasteiger partial charge in [-0.25, -0.2) is 4.98 Å². The lowest BCUT2D eigenvalue weighted by molar-refractivity contribution is 1.15. The summed E-state index contributed by atoms with van der Waals surface area (Å²) in [6.45, 7) is 9.89. The molecule has 0 fully saturated rings. The highest BCUT2D eigenvalue weighted by molar-refractivity contribution is 5.78. The summed E-state index contributed by atoms with van der Waals surface area (Å²) >= 11 is 0. The first-order chi connectivity index (χ1) is 9.65. The molecule has 0 aliphatic heterocycles. The average Bonchev–Trinajstić information content (AvgIpc) is 2.85. The van der Waals surface area contributed by atoms with Crippen LogP contribution in [0.3, 0.4) is 0 Å². The van der Waals surface area contributed by atoms with Crippen LogP contribution < -0.4 is 0 Å². The third kappa shape index (κ3) is 2.97. The predicted octanol–water partition coefficient (Wildman–Crippen LogP) is 4.84. The standard InChI is InChI=1S/C18H20N2/c1-5-7-15(8-6-2)17-10-9-16(11-13(17)3)18-12-19-14(4)20-18/h5-12H,1H2,2-4H3,(H,19,20)/b8-6-,15-7+. The maximum Gasteiger partial charge on any atom is 0.103 e. The van der Waals surface area contributed by atoms with E-state index in [0.29, 0.717) is 0 Å². The lowest BCUT2D eigenvalue weighted by Crippen LogP contribution is -1.89. The molecule has 2 rings (SSSR count). The molecule has 1 N–H and O–H groups in total. The SMILES string of the molecule is C=C/C=C(\C=C/C)c1ccc(-c2cnc(C)[nH]2)cc1C. The minimum Gasteiger partial charge on any atom is -0.342 e. The Balaban J connectivity index is 2.44. The number of nitrogens with zero attached hydrogens (tertiary/aromatic N) is 1. The summed E-state index contributed by atoms with van der Waals surface area (Å²) in [6, 6.07) is 6.45. The van der Waals surface area contributed by atoms with Gasteiger partial charge >= 0.3 is 0 Å². The molecular weight excluding hydrogens is 244 g/mol. The Morgan fingerprint density at radius 2 is 2.10 bits per heavy atom. The molecule has 2 nitrogen and oxygen atoms in total. The first kappa shape index (κ1) is 14.1. The summed E-state index contributed by atoms with van der Waals surface area (Å²) in [7, 11) is 0. The molecule has 20 heavy (non-hydrogen) atoms. The summed E-state index contributed by atoms with van der Waals surface area (Å²) in [5.41, 5.74) is 5.85. The van der Waals surface area contributed by atoms with Gasteiger partial charge in [-0.1, -0.05) is 43.0 Å². The Kier molecular flexibility index (Phi) is 4.36. The summed E-state index contributed by atoms with van der Waals surface area (Å²) < 4.78 is 0. The van der Waals surface area contributed by atoms with Crippen LogP contribution in [0.15, 0.2) is 55.3 Å². The number of aromatic nitrogens is 2. The predicted molar refractivity (Wildman–Crippen MR) is 86.5 cm³/mol. The molecule has 0 aliphatic carbocycles. The number of aromatic amines is 1. The minimum absolute atomic E-state index is 0.933. The number of hydrogen-bond donors (Lipinski definition) is 1. The number of H-pyrrole nitrogens is 1. The highest BCUT2D eigenvalue weighted by atomic mass is 14.9. The largest absolute Gasteiger partial charge is 0.342 e. The fourth-order valence-electron chi connectivity index (χ4n) is 2.26. The smallest absolute Gasteiger partial charge is 0.103 e. The zero-order valence-electron chi connectivity index (χ0n) is 12.3. The van der Waals surface area contributed by atoms with Crippen LogP contribution in [-0.4, -0.2) is 9.97 Å². The lowest BCUT2D eigenvalue weighted by atomic mass is 9.97. The van der Waals surface area contributed by atoms with E-state index >= 15 is 0 Å². The highest BCUT2D eigenvalue weighted by Crippen LogP contribution is 2.26. The fraction of sp³-hybridized carbons (Fsp3) is 0.167. The van der Waals surface area contributed by atoms with Crippen molar-refractivity contribution in [3.63, 3.8) is 0 Å². The van der Waals surface area contributed by atoms with E-state index in [9.17, 15) is 0 Å². The molecule has 2 aromatic rings. The van der Waals surface area contributed by atoms with Crippen LogP contribution in [0, 0.1) is 13.8 Å². The number of benzene rings is 1. The Morgan fingerprint density at radius 1 is 1.30 bits per heavy atom. The molecule has 0 radical (unpaired) electrons. The quantitative estimate of drug-likeness (QED) is 0.786. The Morgan fingerprint density at radius 3 is 2.65 bits per heavy atom. The van der Waals surface area contributed by atoms with Crippen molar-refractivity contribution in [1.82, 2.24) is 9.97 Å². The Bertz CT molecular complexity index is 672. The normalized spacial score (nSPS) is 12.1. The maximum absolute atomic E-state index is 4.25. The van der Waals surface area contributed by atoms with Crippen molar-refractivity contribution >= 4 is 5.57 Å². The molecule has 0 bridgehead atoms. The van der Waals surface area contributed by atoms with E-state index in [1.54, 1.807) is 0 Å². The number of nitrogens with one attached hydrogen (secondary N) is 1. The molecule has 0 unspecified atom stereocenters. The molecule has 2 heteroatoms. The average molecular weight is 264 g/mol. The second kappa shape index (κ2) is 6.20. The van der Waals surface area contributed by atoms with Gasteiger partial charge in [0.05, 0.1) is 11.9 Å². The fourth-order valence-corrected chi connectivity index (χ4v) is 2.26. The zero-order chi connectivity index (χ0) is 14.5. The molecular formula is C18H20N2. The molecule has 0 spiro atoms. The number of hydrogen-bond acceptors (Lipinski definition) is 1. The van der Waals surface area contributed by atoms with Crippen molar-refractivity contribution in [3.8, 4) is 11.3 Å². The van der Waals surface area contributed by atoms with Crippen molar-refractivity contribution in [2.75, 3.05) is 0 Å². The van der Waals surface area contributed by atoms with Gasteiger partial charge in [-0.3, -0.25) is 0 Å². The summed E-state index contributed by atoms with van der Waals surface area (Å²) in [5.74, 6) is 0.933. The van der Waals surface area contributed by atoms with E-state index in [1.807, 2.05) is 38.3 Å². The highest BCUT2D eigenvalue weighted by Gasteiger charge is 2.06. The van der Waals surface area contributed by atoms with Gasteiger partial charge in [0, 0.05) is 0 Å². The van der Waals surface area contributed by atoms with Crippen molar-refractivity contribution in [2.24, 2.45) is 0 Å². The first-order valence-electron chi connectivity index (χ1n) is 6.74. The van der Waals surface area contributed by atoms with E-state index < -0.39 is 0 Å². The summed E-state index contributed by atoms with van der Waals surface area (Å²) in [5, 5.41) is 0. The van der Waals surface area contributed by atoms with E-state index in [2.05, 4.69) is 47.7 Å². The van der Waals surface area contributed by atoms with Crippen LogP contribution in [0.2, 0.25) is 0 Å². The van der Waals surface area contributed by atoms with Crippen molar-refractivity contribution in [2.45, 2.75) is 20.8 Å². The van der Waals surface area contributed by atoms with E-state index in [4.69, 9.17) is 0 Å². The number of aryl methyl sites for hydroxylation is 2. The molecule has 0 saturated heterocycles. The number of allylic oxidation sites excluding steroid dienone is 5. The maximum atomic E-state index is 4.25. The second-order valence-electron chi connectivity index (χ2n) is 4.77. The molecule has 102 valence electrons. The van der Waals surface area contributed by atoms with E-state index in [0.717, 1.165) is 17.1 Å². The third-order valence-corrected chi connectivity index (χ3v) is 3.19. The summed E-state index contributed by atoms with van der Waals surface area (Å²) in [4.78, 5) is 7.51. The topological polar surface area (TPSA) is 28.7 Å². The van der Waals surface area contributed by atoms with Gasteiger partial charge in [0.2, 0.25) is 0 Å². The van der Waals surface area contributed by atoms with Crippen molar-refractivity contribution < 1.29 is 0 Å². The van der Waals surface area contributed by atoms with Gasteiger partial charge in [0.25, 0.3) is 0 Å². The molecule has 1 aromatic carbocycles.